The molecule has 1 heterocycles. The van der Waals surface area contributed by atoms with E-state index in [1.807, 2.05) is 0 Å². The summed E-state index contributed by atoms with van der Waals surface area (Å²) in [5.41, 5.74) is 2.60. The van der Waals surface area contributed by atoms with Crippen LogP contribution >= 0.6 is 11.6 Å². The zero-order valence-electron chi connectivity index (χ0n) is 8.87. The fourth-order valence-electron chi connectivity index (χ4n) is 2.38. The van der Waals surface area contributed by atoms with E-state index < -0.39 is 0 Å². The molecule has 0 N–H and O–H groups in total. The van der Waals surface area contributed by atoms with Crippen LogP contribution < -0.4 is 4.74 Å². The van der Waals surface area contributed by atoms with E-state index >= 15 is 0 Å². The highest BCUT2D eigenvalue weighted by Crippen LogP contribution is 2.50. The molecule has 1 aliphatic heterocycles. The third-order valence-corrected chi connectivity index (χ3v) is 4.16. The van der Waals surface area contributed by atoms with Crippen LogP contribution in [0, 0.1) is 11.8 Å². The highest BCUT2D eigenvalue weighted by molar-refractivity contribution is 6.21. The molecule has 1 fully saturated rings. The van der Waals surface area contributed by atoms with Gasteiger partial charge in [0.15, 0.2) is 0 Å². The van der Waals surface area contributed by atoms with Crippen LogP contribution in [0.4, 0.5) is 0 Å². The van der Waals surface area contributed by atoms with Crippen LogP contribution in [0.25, 0.3) is 0 Å². The van der Waals surface area contributed by atoms with Gasteiger partial charge >= 0.3 is 0 Å². The van der Waals surface area contributed by atoms with Gasteiger partial charge < -0.3 is 4.74 Å². The molecule has 15 heavy (non-hydrogen) atoms. The molecule has 0 amide bonds. The number of rotatable bonds is 2. The summed E-state index contributed by atoms with van der Waals surface area (Å²) in [7, 11) is 0. The predicted molar refractivity (Wildman–Crippen MR) is 61.5 cm³/mol. The molecule has 0 spiro atoms. The Bertz CT molecular complexity index is 388. The number of halogens is 1. The van der Waals surface area contributed by atoms with Crippen LogP contribution in [-0.2, 0) is 6.42 Å². The van der Waals surface area contributed by atoms with Gasteiger partial charge in [0.05, 0.1) is 12.0 Å². The van der Waals surface area contributed by atoms with Gasteiger partial charge in [-0.3, -0.25) is 0 Å². The largest absolute Gasteiger partial charge is 0.493 e. The summed E-state index contributed by atoms with van der Waals surface area (Å²) in [4.78, 5) is 0. The molecule has 80 valence electrons. The molecule has 1 aromatic rings. The van der Waals surface area contributed by atoms with Crippen molar-refractivity contribution in [1.29, 1.82) is 0 Å². The Morgan fingerprint density at radius 3 is 3.00 bits per heavy atom. The van der Waals surface area contributed by atoms with E-state index in [4.69, 9.17) is 16.3 Å². The van der Waals surface area contributed by atoms with Crippen LogP contribution in [0.2, 0.25) is 0 Å². The van der Waals surface area contributed by atoms with Gasteiger partial charge in [-0.15, -0.1) is 11.6 Å². The van der Waals surface area contributed by atoms with Crippen molar-refractivity contribution in [3.63, 3.8) is 0 Å². The third kappa shape index (κ3) is 1.63. The minimum absolute atomic E-state index is 0.200. The van der Waals surface area contributed by atoms with Gasteiger partial charge in [-0.05, 0) is 35.4 Å². The first-order valence-corrected chi connectivity index (χ1v) is 6.09. The number of benzene rings is 1. The van der Waals surface area contributed by atoms with Crippen LogP contribution in [0.3, 0.4) is 0 Å². The van der Waals surface area contributed by atoms with Crippen molar-refractivity contribution >= 4 is 11.6 Å². The van der Waals surface area contributed by atoms with Gasteiger partial charge in [0.25, 0.3) is 0 Å². The Kier molecular flexibility index (Phi) is 2.17. The first-order chi connectivity index (χ1) is 7.25. The van der Waals surface area contributed by atoms with E-state index in [0.717, 1.165) is 24.7 Å². The standard InChI is InChI=1S/C13H15ClO/c1-8-6-11(8)13(14)10-2-3-12-9(7-10)4-5-15-12/h2-3,7-8,11,13H,4-6H2,1H3. The van der Waals surface area contributed by atoms with Crippen molar-refractivity contribution in [3.8, 4) is 5.75 Å². The highest BCUT2D eigenvalue weighted by Gasteiger charge is 2.39. The molecule has 2 aliphatic rings. The maximum atomic E-state index is 6.46. The fourth-order valence-corrected chi connectivity index (χ4v) is 2.87. The van der Waals surface area contributed by atoms with Crippen LogP contribution in [0.5, 0.6) is 5.75 Å². The lowest BCUT2D eigenvalue weighted by atomic mass is 10.0. The van der Waals surface area contributed by atoms with Crippen LogP contribution in [0.15, 0.2) is 18.2 Å². The van der Waals surface area contributed by atoms with Crippen LogP contribution in [0.1, 0.15) is 29.8 Å². The van der Waals surface area contributed by atoms with Crippen molar-refractivity contribution < 1.29 is 4.74 Å². The maximum absolute atomic E-state index is 6.46. The number of alkyl halides is 1. The minimum atomic E-state index is 0.200. The van der Waals surface area contributed by atoms with Crippen molar-refractivity contribution in [3.05, 3.63) is 29.3 Å². The van der Waals surface area contributed by atoms with E-state index in [1.165, 1.54) is 17.5 Å². The number of fused-ring (bicyclic) bond motifs is 1. The third-order valence-electron chi connectivity index (χ3n) is 3.58. The first kappa shape index (κ1) is 9.53. The Morgan fingerprint density at radius 2 is 2.27 bits per heavy atom. The number of hydrogen-bond donors (Lipinski definition) is 0. The smallest absolute Gasteiger partial charge is 0.122 e. The molecule has 0 aromatic heterocycles. The number of ether oxygens (including phenoxy) is 1. The fraction of sp³-hybridized carbons (Fsp3) is 0.538. The van der Waals surface area contributed by atoms with Crippen molar-refractivity contribution in [2.45, 2.75) is 25.1 Å². The molecular weight excluding hydrogens is 208 g/mol. The zero-order valence-corrected chi connectivity index (χ0v) is 9.63. The predicted octanol–water partition coefficient (Wildman–Crippen LogP) is 3.56. The van der Waals surface area contributed by atoms with Gasteiger partial charge in [-0.2, -0.15) is 0 Å². The normalized spacial score (nSPS) is 29.5. The second kappa shape index (κ2) is 3.41. The molecule has 3 unspecified atom stereocenters. The van der Waals surface area contributed by atoms with E-state index in [2.05, 4.69) is 25.1 Å². The summed E-state index contributed by atoms with van der Waals surface area (Å²) < 4.78 is 5.49. The Morgan fingerprint density at radius 1 is 1.47 bits per heavy atom. The van der Waals surface area contributed by atoms with Crippen molar-refractivity contribution in [1.82, 2.24) is 0 Å². The zero-order chi connectivity index (χ0) is 10.4. The van der Waals surface area contributed by atoms with E-state index in [-0.39, 0.29) is 5.38 Å². The van der Waals surface area contributed by atoms with Gasteiger partial charge in [0, 0.05) is 6.42 Å². The minimum Gasteiger partial charge on any atom is -0.493 e. The molecule has 0 bridgehead atoms. The van der Waals surface area contributed by atoms with Gasteiger partial charge in [-0.25, -0.2) is 0 Å². The lowest BCUT2D eigenvalue weighted by molar-refractivity contribution is 0.357. The Hall–Kier alpha value is -0.690. The van der Waals surface area contributed by atoms with Crippen molar-refractivity contribution in [2.24, 2.45) is 11.8 Å². The van der Waals surface area contributed by atoms with Crippen molar-refractivity contribution in [2.75, 3.05) is 6.61 Å². The molecule has 3 atom stereocenters. The topological polar surface area (TPSA) is 9.23 Å². The maximum Gasteiger partial charge on any atom is 0.122 e. The summed E-state index contributed by atoms with van der Waals surface area (Å²) in [6.07, 6.45) is 2.31. The summed E-state index contributed by atoms with van der Waals surface area (Å²) in [6, 6.07) is 6.41. The van der Waals surface area contributed by atoms with E-state index in [1.54, 1.807) is 0 Å². The second-order valence-corrected chi connectivity index (χ2v) is 5.21. The molecule has 3 rings (SSSR count). The van der Waals surface area contributed by atoms with Gasteiger partial charge in [0.2, 0.25) is 0 Å². The molecule has 1 nitrogen and oxygen atoms in total. The summed E-state index contributed by atoms with van der Waals surface area (Å²) in [6.45, 7) is 3.10. The molecule has 1 saturated carbocycles. The Balaban J connectivity index is 1.86. The Labute approximate surface area is 95.4 Å². The average molecular weight is 223 g/mol. The molecule has 1 aromatic carbocycles. The SMILES string of the molecule is CC1CC1C(Cl)c1ccc2c(c1)CCO2. The summed E-state index contributed by atoms with van der Waals surface area (Å²) in [5, 5.41) is 0.200. The molecule has 0 saturated heterocycles. The summed E-state index contributed by atoms with van der Waals surface area (Å²) in [5.74, 6) is 2.54. The van der Waals surface area contributed by atoms with Gasteiger partial charge in [-0.1, -0.05) is 19.1 Å². The molecule has 0 radical (unpaired) electrons. The average Bonchev–Trinajstić information content (AvgIpc) is 2.80. The quantitative estimate of drug-likeness (QED) is 0.696. The van der Waals surface area contributed by atoms with Gasteiger partial charge in [0.1, 0.15) is 5.75 Å². The first-order valence-electron chi connectivity index (χ1n) is 5.65. The highest BCUT2D eigenvalue weighted by atomic mass is 35.5. The lowest BCUT2D eigenvalue weighted by Gasteiger charge is -2.10. The summed E-state index contributed by atoms with van der Waals surface area (Å²) >= 11 is 6.46. The molecule has 2 heteroatoms. The molecule has 1 aliphatic carbocycles. The van der Waals surface area contributed by atoms with Crippen LogP contribution in [-0.4, -0.2) is 6.61 Å². The lowest BCUT2D eigenvalue weighted by Crippen LogP contribution is -1.95. The second-order valence-electron chi connectivity index (χ2n) is 4.74. The molecular formula is C13H15ClO. The number of hydrogen-bond acceptors (Lipinski definition) is 1. The monoisotopic (exact) mass is 222 g/mol. The van der Waals surface area contributed by atoms with E-state index in [0.29, 0.717) is 5.92 Å². The van der Waals surface area contributed by atoms with E-state index in [9.17, 15) is 0 Å².